The summed E-state index contributed by atoms with van der Waals surface area (Å²) in [5, 5.41) is 12.1. The van der Waals surface area contributed by atoms with Gasteiger partial charge >= 0.3 is 11.9 Å². The fraction of sp³-hybridized carbons (Fsp3) is 0.111. The number of alkyl halides is 2. The van der Waals surface area contributed by atoms with E-state index < -0.39 is 17.5 Å². The maximum atomic E-state index is 13.1. The van der Waals surface area contributed by atoms with Crippen LogP contribution < -0.4 is 0 Å². The molecule has 2 rings (SSSR count). The van der Waals surface area contributed by atoms with Crippen molar-refractivity contribution in [2.24, 2.45) is 0 Å². The van der Waals surface area contributed by atoms with E-state index in [2.05, 4.69) is 15.1 Å². The third kappa shape index (κ3) is 1.96. The molecular weight excluding hydrogens is 234 g/mol. The molecular formula is C9H6F2N4O2. The number of carboxylic acid groups (broad SMARTS) is 1. The molecule has 0 amide bonds. The minimum Gasteiger partial charge on any atom is -0.477 e. The molecule has 1 N–H and O–H groups in total. The van der Waals surface area contributed by atoms with Crippen LogP contribution in [0.4, 0.5) is 8.78 Å². The molecule has 0 radical (unpaired) electrons. The van der Waals surface area contributed by atoms with E-state index in [1.54, 1.807) is 0 Å². The molecule has 0 bridgehead atoms. The Labute approximate surface area is 93.6 Å². The Morgan fingerprint density at radius 3 is 2.65 bits per heavy atom. The molecule has 0 saturated heterocycles. The van der Waals surface area contributed by atoms with Gasteiger partial charge in [0.2, 0.25) is 0 Å². The van der Waals surface area contributed by atoms with Crippen LogP contribution in [0, 0.1) is 0 Å². The number of hydrogen-bond acceptors (Lipinski definition) is 4. The average Bonchev–Trinajstić information content (AvgIpc) is 2.82. The fourth-order valence-corrected chi connectivity index (χ4v) is 1.16. The molecule has 17 heavy (non-hydrogen) atoms. The van der Waals surface area contributed by atoms with Gasteiger partial charge in [-0.2, -0.15) is 13.9 Å². The quantitative estimate of drug-likeness (QED) is 0.859. The Morgan fingerprint density at radius 1 is 1.41 bits per heavy atom. The normalized spacial score (nSPS) is 11.4. The molecule has 0 unspecified atom stereocenters. The second-order valence-electron chi connectivity index (χ2n) is 3.12. The van der Waals surface area contributed by atoms with Crippen molar-refractivity contribution in [1.82, 2.24) is 19.7 Å². The summed E-state index contributed by atoms with van der Waals surface area (Å²) in [6.45, 7) is 0. The molecule has 6 nitrogen and oxygen atoms in total. The number of halogens is 2. The lowest BCUT2D eigenvalue weighted by atomic mass is 10.1. The number of pyridine rings is 1. The highest BCUT2D eigenvalue weighted by Gasteiger charge is 2.41. The molecule has 2 aromatic rings. The van der Waals surface area contributed by atoms with E-state index in [9.17, 15) is 13.6 Å². The van der Waals surface area contributed by atoms with Gasteiger partial charge in [0.05, 0.1) is 5.56 Å². The summed E-state index contributed by atoms with van der Waals surface area (Å²) in [6, 6.07) is 2.22. The summed E-state index contributed by atoms with van der Waals surface area (Å²) < 4.78 is 27.4. The van der Waals surface area contributed by atoms with Crippen LogP contribution in [0.5, 0.6) is 0 Å². The predicted octanol–water partition coefficient (Wildman–Crippen LogP) is 0.839. The second-order valence-corrected chi connectivity index (χ2v) is 3.12. The van der Waals surface area contributed by atoms with Crippen LogP contribution in [-0.2, 0) is 10.7 Å². The van der Waals surface area contributed by atoms with Crippen LogP contribution in [0.25, 0.3) is 5.82 Å². The van der Waals surface area contributed by atoms with Gasteiger partial charge in [0, 0.05) is 6.20 Å². The zero-order valence-electron chi connectivity index (χ0n) is 8.29. The first kappa shape index (κ1) is 11.1. The SMILES string of the molecule is O=C(O)C(F)(F)c1ccc(-n2cncn2)nc1. The van der Waals surface area contributed by atoms with Crippen molar-refractivity contribution in [2.75, 3.05) is 0 Å². The van der Waals surface area contributed by atoms with E-state index in [-0.39, 0.29) is 5.82 Å². The fourth-order valence-electron chi connectivity index (χ4n) is 1.16. The predicted molar refractivity (Wildman–Crippen MR) is 50.7 cm³/mol. The van der Waals surface area contributed by atoms with Crippen LogP contribution >= 0.6 is 0 Å². The molecule has 0 atom stereocenters. The van der Waals surface area contributed by atoms with Gasteiger partial charge in [0.1, 0.15) is 12.7 Å². The lowest BCUT2D eigenvalue weighted by Crippen LogP contribution is -2.25. The van der Waals surface area contributed by atoms with Gasteiger partial charge in [-0.3, -0.25) is 0 Å². The van der Waals surface area contributed by atoms with Gasteiger partial charge in [0.25, 0.3) is 0 Å². The molecule has 88 valence electrons. The van der Waals surface area contributed by atoms with Crippen molar-refractivity contribution >= 4 is 5.97 Å². The van der Waals surface area contributed by atoms with Crippen molar-refractivity contribution in [3.63, 3.8) is 0 Å². The molecule has 0 aliphatic rings. The first-order valence-electron chi connectivity index (χ1n) is 4.44. The van der Waals surface area contributed by atoms with Crippen molar-refractivity contribution in [3.8, 4) is 5.82 Å². The van der Waals surface area contributed by atoms with E-state index in [0.717, 1.165) is 12.3 Å². The molecule has 0 saturated carbocycles. The molecule has 0 aliphatic heterocycles. The van der Waals surface area contributed by atoms with Crippen molar-refractivity contribution in [2.45, 2.75) is 5.92 Å². The Kier molecular flexibility index (Phi) is 2.54. The summed E-state index contributed by atoms with van der Waals surface area (Å²) in [7, 11) is 0. The Bertz CT molecular complexity index is 524. The highest BCUT2D eigenvalue weighted by molar-refractivity contribution is 5.77. The first-order chi connectivity index (χ1) is 8.01. The van der Waals surface area contributed by atoms with E-state index >= 15 is 0 Å². The summed E-state index contributed by atoms with van der Waals surface area (Å²) in [5.74, 6) is -5.89. The number of rotatable bonds is 3. The van der Waals surface area contributed by atoms with Crippen LogP contribution in [0.3, 0.4) is 0 Å². The number of aliphatic carboxylic acids is 1. The molecule has 0 aliphatic carbocycles. The summed E-state index contributed by atoms with van der Waals surface area (Å²) >= 11 is 0. The lowest BCUT2D eigenvalue weighted by molar-refractivity contribution is -0.166. The second kappa shape index (κ2) is 3.89. The number of carboxylic acids is 1. The molecule has 0 aromatic carbocycles. The molecule has 0 spiro atoms. The highest BCUT2D eigenvalue weighted by atomic mass is 19.3. The third-order valence-electron chi connectivity index (χ3n) is 2.03. The number of hydrogen-bond donors (Lipinski definition) is 1. The monoisotopic (exact) mass is 240 g/mol. The molecule has 2 heterocycles. The van der Waals surface area contributed by atoms with Gasteiger partial charge in [-0.05, 0) is 12.1 Å². The van der Waals surface area contributed by atoms with Crippen LogP contribution in [-0.4, -0.2) is 30.8 Å². The number of aromatic nitrogens is 4. The number of carbonyl (C=O) groups is 1. The van der Waals surface area contributed by atoms with Crippen molar-refractivity contribution in [1.29, 1.82) is 0 Å². The molecule has 2 aromatic heterocycles. The average molecular weight is 240 g/mol. The maximum Gasteiger partial charge on any atom is 0.379 e. The standard InChI is InChI=1S/C9H6F2N4O2/c10-9(11,8(16)17)6-1-2-7(13-3-6)15-5-12-4-14-15/h1-5H,(H,16,17). The minimum absolute atomic E-state index is 0.271. The van der Waals surface area contributed by atoms with Crippen LogP contribution in [0.15, 0.2) is 31.0 Å². The van der Waals surface area contributed by atoms with E-state index in [0.29, 0.717) is 0 Å². The zero-order valence-corrected chi connectivity index (χ0v) is 8.29. The third-order valence-corrected chi connectivity index (χ3v) is 2.03. The van der Waals surface area contributed by atoms with E-state index in [1.165, 1.54) is 23.4 Å². The Hall–Kier alpha value is -2.38. The minimum atomic E-state index is -3.95. The smallest absolute Gasteiger partial charge is 0.379 e. The van der Waals surface area contributed by atoms with Gasteiger partial charge in [-0.1, -0.05) is 0 Å². The van der Waals surface area contributed by atoms with Gasteiger partial charge in [0.15, 0.2) is 5.82 Å². The van der Waals surface area contributed by atoms with Crippen molar-refractivity contribution < 1.29 is 18.7 Å². The highest BCUT2D eigenvalue weighted by Crippen LogP contribution is 2.27. The Morgan fingerprint density at radius 2 is 2.18 bits per heavy atom. The van der Waals surface area contributed by atoms with Gasteiger partial charge < -0.3 is 5.11 Å². The summed E-state index contributed by atoms with van der Waals surface area (Å²) in [4.78, 5) is 17.7. The zero-order chi connectivity index (χ0) is 12.5. The summed E-state index contributed by atoms with van der Waals surface area (Å²) in [6.07, 6.45) is 3.41. The van der Waals surface area contributed by atoms with Gasteiger partial charge in [-0.15, -0.1) is 0 Å². The first-order valence-corrected chi connectivity index (χ1v) is 4.44. The largest absolute Gasteiger partial charge is 0.477 e. The van der Waals surface area contributed by atoms with E-state index in [4.69, 9.17) is 5.11 Å². The summed E-state index contributed by atoms with van der Waals surface area (Å²) in [5.41, 5.74) is -0.686. The number of nitrogens with zero attached hydrogens (tertiary/aromatic N) is 4. The maximum absolute atomic E-state index is 13.1. The van der Waals surface area contributed by atoms with Crippen LogP contribution in [0.1, 0.15) is 5.56 Å². The van der Waals surface area contributed by atoms with Crippen molar-refractivity contribution in [3.05, 3.63) is 36.5 Å². The molecule has 8 heteroatoms. The Balaban J connectivity index is 2.34. The lowest BCUT2D eigenvalue weighted by Gasteiger charge is -2.10. The van der Waals surface area contributed by atoms with E-state index in [1.807, 2.05) is 0 Å². The van der Waals surface area contributed by atoms with Gasteiger partial charge in [-0.25, -0.2) is 19.4 Å². The van der Waals surface area contributed by atoms with Crippen LogP contribution in [0.2, 0.25) is 0 Å². The molecule has 0 fully saturated rings. The topological polar surface area (TPSA) is 80.9 Å².